The summed E-state index contributed by atoms with van der Waals surface area (Å²) in [5.74, 6) is 0.285. The van der Waals surface area contributed by atoms with Gasteiger partial charge in [0.2, 0.25) is 0 Å². The third-order valence-electron chi connectivity index (χ3n) is 3.73. The van der Waals surface area contributed by atoms with Crippen molar-refractivity contribution < 1.29 is 4.79 Å². The van der Waals surface area contributed by atoms with Gasteiger partial charge in [0, 0.05) is 5.41 Å². The van der Waals surface area contributed by atoms with Crippen molar-refractivity contribution in [3.05, 3.63) is 35.4 Å². The summed E-state index contributed by atoms with van der Waals surface area (Å²) in [6, 6.07) is 8.29. The van der Waals surface area contributed by atoms with E-state index in [0.717, 1.165) is 18.4 Å². The Kier molecular flexibility index (Phi) is 6.25. The highest BCUT2D eigenvalue weighted by Gasteiger charge is 2.33. The maximum absolute atomic E-state index is 12.6. The van der Waals surface area contributed by atoms with Crippen LogP contribution in [0.15, 0.2) is 24.3 Å². The Morgan fingerprint density at radius 1 is 1.21 bits per heavy atom. The lowest BCUT2D eigenvalue weighted by molar-refractivity contribution is -0.123. The fourth-order valence-corrected chi connectivity index (χ4v) is 3.10. The van der Waals surface area contributed by atoms with Gasteiger partial charge in [-0.3, -0.25) is 4.79 Å². The summed E-state index contributed by atoms with van der Waals surface area (Å²) in [6.07, 6.45) is 4.43. The highest BCUT2D eigenvalue weighted by atomic mass is 79.9. The Morgan fingerprint density at radius 3 is 2.32 bits per heavy atom. The van der Waals surface area contributed by atoms with Crippen molar-refractivity contribution in [1.82, 2.24) is 0 Å². The normalized spacial score (nSPS) is 13.3. The molecule has 0 fully saturated rings. The number of Topliss-reactive ketones (excluding diaryl/α,β-unsaturated/α-hetero) is 1. The first-order valence-corrected chi connectivity index (χ1v) is 8.06. The van der Waals surface area contributed by atoms with Gasteiger partial charge in [0.05, 0.1) is 4.83 Å². The Labute approximate surface area is 125 Å². The molecule has 1 rings (SSSR count). The average Bonchev–Trinajstić information content (AvgIpc) is 2.38. The predicted octanol–water partition coefficient (Wildman–Crippen LogP) is 5.19. The Bertz CT molecular complexity index is 406. The Morgan fingerprint density at radius 2 is 1.79 bits per heavy atom. The van der Waals surface area contributed by atoms with Crippen LogP contribution in [-0.2, 0) is 10.2 Å². The van der Waals surface area contributed by atoms with Gasteiger partial charge in [-0.05, 0) is 32.8 Å². The first-order chi connectivity index (χ1) is 8.89. The highest BCUT2D eigenvalue weighted by molar-refractivity contribution is 9.10. The number of halogens is 1. The molecule has 0 aromatic heterocycles. The van der Waals surface area contributed by atoms with Crippen LogP contribution in [-0.4, -0.2) is 10.6 Å². The molecule has 0 spiro atoms. The molecule has 1 aromatic rings. The van der Waals surface area contributed by atoms with E-state index in [1.807, 2.05) is 13.8 Å². The second kappa shape index (κ2) is 7.23. The van der Waals surface area contributed by atoms with Gasteiger partial charge in [-0.1, -0.05) is 71.9 Å². The van der Waals surface area contributed by atoms with Crippen LogP contribution in [0.1, 0.15) is 57.6 Å². The third-order valence-corrected chi connectivity index (χ3v) is 4.61. The van der Waals surface area contributed by atoms with Crippen LogP contribution < -0.4 is 0 Å². The van der Waals surface area contributed by atoms with Crippen molar-refractivity contribution >= 4 is 21.7 Å². The van der Waals surface area contributed by atoms with Crippen molar-refractivity contribution in [3.8, 4) is 0 Å². The minimum Gasteiger partial charge on any atom is -0.297 e. The van der Waals surface area contributed by atoms with Gasteiger partial charge >= 0.3 is 0 Å². The topological polar surface area (TPSA) is 17.1 Å². The third kappa shape index (κ3) is 4.45. The fraction of sp³-hybridized carbons (Fsp3) is 0.588. The summed E-state index contributed by atoms with van der Waals surface area (Å²) >= 11 is 3.57. The Hall–Kier alpha value is -0.630. The molecule has 106 valence electrons. The maximum atomic E-state index is 12.6. The minimum atomic E-state index is -0.423. The lowest BCUT2D eigenvalue weighted by Crippen LogP contribution is -2.35. The van der Waals surface area contributed by atoms with Gasteiger partial charge < -0.3 is 0 Å². The predicted molar refractivity (Wildman–Crippen MR) is 86.1 cm³/mol. The second-order valence-electron chi connectivity index (χ2n) is 5.82. The largest absolute Gasteiger partial charge is 0.297 e. The molecule has 0 amide bonds. The van der Waals surface area contributed by atoms with E-state index in [9.17, 15) is 4.79 Å². The molecule has 19 heavy (non-hydrogen) atoms. The number of aryl methyl sites for hydroxylation is 1. The number of hydrogen-bond donors (Lipinski definition) is 0. The van der Waals surface area contributed by atoms with Crippen LogP contribution in [0.4, 0.5) is 0 Å². The van der Waals surface area contributed by atoms with Crippen molar-refractivity contribution in [3.63, 3.8) is 0 Å². The number of rotatable bonds is 7. The highest BCUT2D eigenvalue weighted by Crippen LogP contribution is 2.29. The molecule has 0 bridgehead atoms. The standard InChI is InChI=1S/C17H25BrO/c1-5-6-7-8-15(18)16(19)17(3,4)14-11-9-13(2)10-12-14/h9-12,15H,5-8H2,1-4H3. The molecule has 1 aromatic carbocycles. The molecule has 0 saturated carbocycles. The number of ketones is 1. The van der Waals surface area contributed by atoms with Gasteiger partial charge in [0.25, 0.3) is 0 Å². The fourth-order valence-electron chi connectivity index (χ4n) is 2.21. The van der Waals surface area contributed by atoms with Crippen LogP contribution in [0.5, 0.6) is 0 Å². The van der Waals surface area contributed by atoms with E-state index in [2.05, 4.69) is 54.0 Å². The average molecular weight is 325 g/mol. The number of carbonyl (C=O) groups excluding carboxylic acids is 1. The zero-order valence-electron chi connectivity index (χ0n) is 12.5. The molecular formula is C17H25BrO. The minimum absolute atomic E-state index is 0.0321. The zero-order valence-corrected chi connectivity index (χ0v) is 14.1. The molecule has 0 aliphatic carbocycles. The lowest BCUT2D eigenvalue weighted by atomic mass is 9.78. The molecule has 1 atom stereocenters. The first-order valence-electron chi connectivity index (χ1n) is 7.15. The van der Waals surface area contributed by atoms with Crippen LogP contribution in [0.2, 0.25) is 0 Å². The summed E-state index contributed by atoms with van der Waals surface area (Å²) in [7, 11) is 0. The van der Waals surface area contributed by atoms with Crippen LogP contribution >= 0.6 is 15.9 Å². The quantitative estimate of drug-likeness (QED) is 0.498. The van der Waals surface area contributed by atoms with Gasteiger partial charge in [0.15, 0.2) is 5.78 Å². The first kappa shape index (κ1) is 16.4. The van der Waals surface area contributed by atoms with E-state index in [1.54, 1.807) is 0 Å². The van der Waals surface area contributed by atoms with E-state index in [0.29, 0.717) is 0 Å². The summed E-state index contributed by atoms with van der Waals surface area (Å²) in [4.78, 5) is 12.6. The van der Waals surface area contributed by atoms with Crippen molar-refractivity contribution in [2.45, 2.75) is 63.6 Å². The number of alkyl halides is 1. The SMILES string of the molecule is CCCCCC(Br)C(=O)C(C)(C)c1ccc(C)cc1. The van der Waals surface area contributed by atoms with Gasteiger partial charge in [0.1, 0.15) is 0 Å². The number of hydrogen-bond acceptors (Lipinski definition) is 1. The Balaban J connectivity index is 2.75. The van der Waals surface area contributed by atoms with Gasteiger partial charge in [-0.25, -0.2) is 0 Å². The van der Waals surface area contributed by atoms with Crippen LogP contribution in [0.3, 0.4) is 0 Å². The molecule has 1 unspecified atom stereocenters. The van der Waals surface area contributed by atoms with Crippen molar-refractivity contribution in [1.29, 1.82) is 0 Å². The van der Waals surface area contributed by atoms with Crippen molar-refractivity contribution in [2.75, 3.05) is 0 Å². The van der Waals surface area contributed by atoms with E-state index in [4.69, 9.17) is 0 Å². The molecule has 0 N–H and O–H groups in total. The van der Waals surface area contributed by atoms with E-state index in [-0.39, 0.29) is 10.6 Å². The molecule has 1 nitrogen and oxygen atoms in total. The summed E-state index contributed by atoms with van der Waals surface area (Å²) in [5.41, 5.74) is 1.90. The van der Waals surface area contributed by atoms with E-state index < -0.39 is 5.41 Å². The molecule has 0 aliphatic heterocycles. The van der Waals surface area contributed by atoms with Crippen molar-refractivity contribution in [2.24, 2.45) is 0 Å². The smallest absolute Gasteiger partial charge is 0.156 e. The molecular weight excluding hydrogens is 300 g/mol. The van der Waals surface area contributed by atoms with E-state index >= 15 is 0 Å². The molecule has 0 aliphatic rings. The maximum Gasteiger partial charge on any atom is 0.156 e. The lowest BCUT2D eigenvalue weighted by Gasteiger charge is -2.26. The van der Waals surface area contributed by atoms with Crippen LogP contribution in [0, 0.1) is 6.92 Å². The molecule has 0 radical (unpaired) electrons. The molecule has 2 heteroatoms. The van der Waals surface area contributed by atoms with Crippen LogP contribution in [0.25, 0.3) is 0 Å². The second-order valence-corrected chi connectivity index (χ2v) is 6.92. The van der Waals surface area contributed by atoms with Gasteiger partial charge in [-0.15, -0.1) is 0 Å². The summed E-state index contributed by atoms with van der Waals surface area (Å²) in [5, 5.41) is 0. The number of unbranched alkanes of at least 4 members (excludes halogenated alkanes) is 2. The molecule has 0 saturated heterocycles. The monoisotopic (exact) mass is 324 g/mol. The van der Waals surface area contributed by atoms with E-state index in [1.165, 1.54) is 18.4 Å². The molecule has 0 heterocycles. The van der Waals surface area contributed by atoms with Gasteiger partial charge in [-0.2, -0.15) is 0 Å². The zero-order chi connectivity index (χ0) is 14.5. The number of benzene rings is 1. The summed E-state index contributed by atoms with van der Waals surface area (Å²) in [6.45, 7) is 8.29. The number of carbonyl (C=O) groups is 1. The summed E-state index contributed by atoms with van der Waals surface area (Å²) < 4.78 is 0.